The number of nitrogens with one attached hydrogen (secondary N) is 2. The summed E-state index contributed by atoms with van der Waals surface area (Å²) in [5, 5.41) is 7.00. The fraction of sp³-hybridized carbons (Fsp3) is 1.00. The molecule has 3 heteroatoms. The largest absolute Gasteiger partial charge is 0.379 e. The van der Waals surface area contributed by atoms with Crippen LogP contribution in [0.2, 0.25) is 0 Å². The van der Waals surface area contributed by atoms with Gasteiger partial charge in [-0.15, -0.1) is 0 Å². The van der Waals surface area contributed by atoms with E-state index in [9.17, 15) is 0 Å². The normalized spacial score (nSPS) is 28.3. The Balaban J connectivity index is 2.09. The Hall–Kier alpha value is -0.120. The van der Waals surface area contributed by atoms with Crippen LogP contribution in [0.5, 0.6) is 0 Å². The first-order valence-corrected chi connectivity index (χ1v) is 5.49. The summed E-state index contributed by atoms with van der Waals surface area (Å²) in [6.45, 7) is 12.6. The highest BCUT2D eigenvalue weighted by Crippen LogP contribution is 2.16. The highest BCUT2D eigenvalue weighted by Gasteiger charge is 2.28. The van der Waals surface area contributed by atoms with E-state index in [1.807, 2.05) is 0 Å². The first-order valence-electron chi connectivity index (χ1n) is 5.49. The summed E-state index contributed by atoms with van der Waals surface area (Å²) in [6, 6.07) is 0. The Bertz CT molecular complexity index is 169. The number of hydrogen-bond acceptors (Lipinski definition) is 3. The van der Waals surface area contributed by atoms with Crippen molar-refractivity contribution in [3.63, 3.8) is 0 Å². The van der Waals surface area contributed by atoms with Crippen molar-refractivity contribution in [3.8, 4) is 0 Å². The van der Waals surface area contributed by atoms with Gasteiger partial charge in [-0.2, -0.15) is 0 Å². The molecule has 84 valence electrons. The third kappa shape index (κ3) is 4.40. The van der Waals surface area contributed by atoms with Gasteiger partial charge in [-0.1, -0.05) is 0 Å². The van der Waals surface area contributed by atoms with Gasteiger partial charge in [-0.25, -0.2) is 0 Å². The zero-order valence-corrected chi connectivity index (χ0v) is 9.94. The molecule has 0 aromatic heterocycles. The van der Waals surface area contributed by atoms with Gasteiger partial charge in [-0.3, -0.25) is 0 Å². The van der Waals surface area contributed by atoms with Crippen LogP contribution in [0.25, 0.3) is 0 Å². The van der Waals surface area contributed by atoms with Crippen LogP contribution in [0.15, 0.2) is 0 Å². The van der Waals surface area contributed by atoms with Gasteiger partial charge in [-0.05, 0) is 34.1 Å². The topological polar surface area (TPSA) is 33.3 Å². The molecule has 14 heavy (non-hydrogen) atoms. The molecule has 1 saturated heterocycles. The van der Waals surface area contributed by atoms with Crippen molar-refractivity contribution in [1.29, 1.82) is 0 Å². The molecular formula is C11H24N2O. The molecule has 0 aliphatic carbocycles. The predicted octanol–water partition coefficient (Wildman–Crippen LogP) is 1.14. The van der Waals surface area contributed by atoms with E-state index in [0.717, 1.165) is 32.7 Å². The van der Waals surface area contributed by atoms with Gasteiger partial charge in [0.25, 0.3) is 0 Å². The van der Waals surface area contributed by atoms with E-state index in [2.05, 4.69) is 38.3 Å². The van der Waals surface area contributed by atoms with E-state index in [1.165, 1.54) is 0 Å². The standard InChI is InChI=1S/C11H24N2O/c1-10(2,3)12-6-7-13-11(4)5-8-14-9-11/h12-13H,5-9H2,1-4H3. The summed E-state index contributed by atoms with van der Waals surface area (Å²) in [5.74, 6) is 0. The fourth-order valence-corrected chi connectivity index (χ4v) is 1.61. The van der Waals surface area contributed by atoms with Crippen LogP contribution >= 0.6 is 0 Å². The van der Waals surface area contributed by atoms with Crippen molar-refractivity contribution in [2.75, 3.05) is 26.3 Å². The third-order valence-electron chi connectivity index (χ3n) is 2.55. The summed E-state index contributed by atoms with van der Waals surface area (Å²) in [4.78, 5) is 0. The monoisotopic (exact) mass is 200 g/mol. The van der Waals surface area contributed by atoms with Crippen LogP contribution in [0, 0.1) is 0 Å². The summed E-state index contributed by atoms with van der Waals surface area (Å²) < 4.78 is 5.38. The van der Waals surface area contributed by atoms with Crippen LogP contribution in [-0.4, -0.2) is 37.4 Å². The van der Waals surface area contributed by atoms with Crippen LogP contribution in [0.1, 0.15) is 34.1 Å². The Labute approximate surface area is 87.6 Å². The first-order chi connectivity index (χ1) is 6.41. The number of hydrogen-bond donors (Lipinski definition) is 2. The Morgan fingerprint density at radius 1 is 1.29 bits per heavy atom. The predicted molar refractivity (Wildman–Crippen MR) is 59.6 cm³/mol. The molecule has 0 bridgehead atoms. The third-order valence-corrected chi connectivity index (χ3v) is 2.55. The average molecular weight is 200 g/mol. The van der Waals surface area contributed by atoms with Gasteiger partial charge in [0.15, 0.2) is 0 Å². The van der Waals surface area contributed by atoms with Crippen LogP contribution in [-0.2, 0) is 4.74 Å². The Morgan fingerprint density at radius 3 is 2.50 bits per heavy atom. The van der Waals surface area contributed by atoms with E-state index < -0.39 is 0 Å². The minimum absolute atomic E-state index is 0.208. The van der Waals surface area contributed by atoms with Crippen molar-refractivity contribution in [2.24, 2.45) is 0 Å². The van der Waals surface area contributed by atoms with E-state index in [-0.39, 0.29) is 11.1 Å². The zero-order chi connectivity index (χ0) is 10.7. The van der Waals surface area contributed by atoms with Crippen molar-refractivity contribution in [1.82, 2.24) is 10.6 Å². The van der Waals surface area contributed by atoms with Crippen molar-refractivity contribution in [2.45, 2.75) is 45.2 Å². The molecule has 1 heterocycles. The Morgan fingerprint density at radius 2 is 2.00 bits per heavy atom. The lowest BCUT2D eigenvalue weighted by Crippen LogP contribution is -2.48. The maximum atomic E-state index is 5.38. The van der Waals surface area contributed by atoms with Crippen LogP contribution in [0.4, 0.5) is 0 Å². The zero-order valence-electron chi connectivity index (χ0n) is 9.94. The second-order valence-electron chi connectivity index (χ2n) is 5.47. The molecule has 0 spiro atoms. The van der Waals surface area contributed by atoms with Gasteiger partial charge >= 0.3 is 0 Å². The van der Waals surface area contributed by atoms with E-state index >= 15 is 0 Å². The van der Waals surface area contributed by atoms with Crippen molar-refractivity contribution >= 4 is 0 Å². The van der Waals surface area contributed by atoms with Gasteiger partial charge in [0, 0.05) is 30.8 Å². The molecule has 1 atom stereocenters. The maximum absolute atomic E-state index is 5.38. The average Bonchev–Trinajstić information content (AvgIpc) is 2.45. The molecule has 0 saturated carbocycles. The molecule has 0 aromatic rings. The summed E-state index contributed by atoms with van der Waals surface area (Å²) in [5.41, 5.74) is 0.425. The minimum atomic E-state index is 0.208. The quantitative estimate of drug-likeness (QED) is 0.668. The van der Waals surface area contributed by atoms with E-state index in [4.69, 9.17) is 4.74 Å². The molecule has 1 fully saturated rings. The second kappa shape index (κ2) is 4.60. The van der Waals surface area contributed by atoms with Crippen LogP contribution < -0.4 is 10.6 Å². The van der Waals surface area contributed by atoms with Crippen LogP contribution in [0.3, 0.4) is 0 Å². The van der Waals surface area contributed by atoms with Crippen molar-refractivity contribution in [3.05, 3.63) is 0 Å². The molecule has 0 aromatic carbocycles. The molecule has 1 unspecified atom stereocenters. The fourth-order valence-electron chi connectivity index (χ4n) is 1.61. The lowest BCUT2D eigenvalue weighted by molar-refractivity contribution is 0.171. The Kier molecular flexibility index (Phi) is 3.93. The highest BCUT2D eigenvalue weighted by molar-refractivity contribution is 4.87. The highest BCUT2D eigenvalue weighted by atomic mass is 16.5. The van der Waals surface area contributed by atoms with E-state index in [0.29, 0.717) is 0 Å². The lowest BCUT2D eigenvalue weighted by Gasteiger charge is -2.26. The molecule has 1 aliphatic rings. The SMILES string of the molecule is CC(C)(C)NCCNC1(C)CCOC1. The van der Waals surface area contributed by atoms with Crippen molar-refractivity contribution < 1.29 is 4.74 Å². The molecule has 0 radical (unpaired) electrons. The minimum Gasteiger partial charge on any atom is -0.379 e. The van der Waals surface area contributed by atoms with Gasteiger partial charge < -0.3 is 15.4 Å². The molecule has 2 N–H and O–H groups in total. The molecular weight excluding hydrogens is 176 g/mol. The second-order valence-corrected chi connectivity index (χ2v) is 5.47. The van der Waals surface area contributed by atoms with Gasteiger partial charge in [0.1, 0.15) is 0 Å². The van der Waals surface area contributed by atoms with Gasteiger partial charge in [0.05, 0.1) is 6.61 Å². The summed E-state index contributed by atoms with van der Waals surface area (Å²) in [7, 11) is 0. The lowest BCUT2D eigenvalue weighted by atomic mass is 10.0. The maximum Gasteiger partial charge on any atom is 0.0646 e. The molecule has 3 nitrogen and oxygen atoms in total. The smallest absolute Gasteiger partial charge is 0.0646 e. The first kappa shape index (κ1) is 12.0. The molecule has 1 rings (SSSR count). The summed E-state index contributed by atoms with van der Waals surface area (Å²) >= 11 is 0. The molecule has 1 aliphatic heterocycles. The number of ether oxygens (including phenoxy) is 1. The number of rotatable bonds is 4. The molecule has 0 amide bonds. The van der Waals surface area contributed by atoms with E-state index in [1.54, 1.807) is 0 Å². The summed E-state index contributed by atoms with van der Waals surface area (Å²) in [6.07, 6.45) is 1.13. The van der Waals surface area contributed by atoms with Gasteiger partial charge in [0.2, 0.25) is 0 Å².